The van der Waals surface area contributed by atoms with Gasteiger partial charge in [-0.2, -0.15) is 0 Å². The summed E-state index contributed by atoms with van der Waals surface area (Å²) < 4.78 is 0. The summed E-state index contributed by atoms with van der Waals surface area (Å²) in [4.78, 5) is 0. The first-order valence-corrected chi connectivity index (χ1v) is 15.4. The average Bonchev–Trinajstić information content (AvgIpc) is 2.50. The van der Waals surface area contributed by atoms with Crippen molar-refractivity contribution in [2.24, 2.45) is 5.41 Å². The van der Waals surface area contributed by atoms with Crippen LogP contribution in [-0.2, 0) is 11.9 Å². The summed E-state index contributed by atoms with van der Waals surface area (Å²) in [5.41, 5.74) is 14.6. The van der Waals surface area contributed by atoms with Gasteiger partial charge in [-0.25, -0.2) is 0 Å². The van der Waals surface area contributed by atoms with Gasteiger partial charge < -0.3 is 11.5 Å². The molecule has 1 aliphatic carbocycles. The molecule has 0 bridgehead atoms. The van der Waals surface area contributed by atoms with E-state index in [1.54, 1.807) is 0 Å². The number of nitrogens with one attached hydrogen (secondary N) is 2. The number of rotatable bonds is 2. The molecule has 2 N–H and O–H groups in total. The first-order valence-electron chi connectivity index (χ1n) is 4.10. The Labute approximate surface area is 104 Å². The Morgan fingerprint density at radius 1 is 0.929 bits per heavy atom. The van der Waals surface area contributed by atoms with Crippen LogP contribution in [0.25, 0.3) is 11.5 Å². The summed E-state index contributed by atoms with van der Waals surface area (Å²) in [5, 5.41) is 0. The second kappa shape index (κ2) is 7.16. The van der Waals surface area contributed by atoms with Crippen molar-refractivity contribution in [3.05, 3.63) is 11.5 Å². The SMILES string of the molecule is [Cl][Pt+2]([Cl])([Cl])[Cl].[NH-]CC1(C[NH-])CCCC1. The van der Waals surface area contributed by atoms with E-state index in [4.69, 9.17) is 49.1 Å². The molecule has 1 rings (SSSR count). The Morgan fingerprint density at radius 3 is 1.36 bits per heavy atom. The van der Waals surface area contributed by atoms with Crippen LogP contribution < -0.4 is 0 Å². The largest absolute Gasteiger partial charge is 0.677 e. The van der Waals surface area contributed by atoms with E-state index < -0.39 is 11.9 Å². The minimum atomic E-state index is -3.06. The standard InChI is InChI=1S/C7H14N2.4ClH.Pt/c8-5-7(6-9)3-1-2-4-7;;;;;/h8-9H,1-6H2;4*1H;/q-2;;;;;+6/p-4. The van der Waals surface area contributed by atoms with Crippen molar-refractivity contribution in [3.63, 3.8) is 0 Å². The minimum absolute atomic E-state index is 0.111. The predicted molar refractivity (Wildman–Crippen MR) is 62.7 cm³/mol. The number of hydrogen-bond acceptors (Lipinski definition) is 0. The van der Waals surface area contributed by atoms with Gasteiger partial charge in [-0.15, -0.1) is 13.1 Å². The smallest absolute Gasteiger partial charge is 0.0509 e. The summed E-state index contributed by atoms with van der Waals surface area (Å²) in [5.74, 6) is 0. The van der Waals surface area contributed by atoms with Gasteiger partial charge >= 0.3 is 49.6 Å². The maximum atomic E-state index is 7.23. The summed E-state index contributed by atoms with van der Waals surface area (Å²) in [6.45, 7) is 0.938. The van der Waals surface area contributed by atoms with Gasteiger partial charge in [-0.3, -0.25) is 0 Å². The Balaban J connectivity index is 0.000000292. The molecule has 0 aromatic heterocycles. The van der Waals surface area contributed by atoms with E-state index in [0.717, 1.165) is 12.8 Å². The molecule has 0 aromatic rings. The maximum Gasteiger partial charge on any atom is -0.0509 e. The van der Waals surface area contributed by atoms with Crippen molar-refractivity contribution >= 4 is 37.7 Å². The van der Waals surface area contributed by atoms with Gasteiger partial charge in [0, 0.05) is 0 Å². The summed E-state index contributed by atoms with van der Waals surface area (Å²) in [6.07, 6.45) is 4.75. The van der Waals surface area contributed by atoms with Crippen LogP contribution in [-0.4, -0.2) is 13.1 Å². The van der Waals surface area contributed by atoms with Crippen LogP contribution in [0.3, 0.4) is 0 Å². The first-order chi connectivity index (χ1) is 6.33. The fraction of sp³-hybridized carbons (Fsp3) is 1.00. The number of halogens is 4. The molecule has 0 saturated heterocycles. The summed E-state index contributed by atoms with van der Waals surface area (Å²) in [6, 6.07) is 0. The summed E-state index contributed by atoms with van der Waals surface area (Å²) in [7, 11) is 20.0. The molecule has 0 aliphatic heterocycles. The van der Waals surface area contributed by atoms with Crippen molar-refractivity contribution in [2.45, 2.75) is 25.7 Å². The molecular formula is C7H14Cl4N2Pt. The van der Waals surface area contributed by atoms with Crippen LogP contribution in [0.2, 0.25) is 0 Å². The van der Waals surface area contributed by atoms with E-state index in [2.05, 4.69) is 0 Å². The Kier molecular flexibility index (Phi) is 8.07. The minimum Gasteiger partial charge on any atom is -0.677 e. The summed E-state index contributed by atoms with van der Waals surface area (Å²) >= 11 is -3.06. The van der Waals surface area contributed by atoms with Crippen molar-refractivity contribution in [1.29, 1.82) is 0 Å². The van der Waals surface area contributed by atoms with Gasteiger partial charge in [0.1, 0.15) is 0 Å². The molecule has 0 amide bonds. The molecule has 14 heavy (non-hydrogen) atoms. The maximum absolute atomic E-state index is 7.23. The van der Waals surface area contributed by atoms with Crippen LogP contribution in [0.1, 0.15) is 25.7 Å². The van der Waals surface area contributed by atoms with Gasteiger partial charge in [-0.1, -0.05) is 31.1 Å². The van der Waals surface area contributed by atoms with Crippen molar-refractivity contribution < 1.29 is 11.9 Å². The monoisotopic (exact) mass is 461 g/mol. The second-order valence-electron chi connectivity index (χ2n) is 3.33. The molecule has 1 aliphatic rings. The molecule has 0 heterocycles. The van der Waals surface area contributed by atoms with E-state index in [1.165, 1.54) is 12.8 Å². The van der Waals surface area contributed by atoms with E-state index >= 15 is 0 Å². The third-order valence-electron chi connectivity index (χ3n) is 2.41. The van der Waals surface area contributed by atoms with Gasteiger partial charge in [0.25, 0.3) is 0 Å². The van der Waals surface area contributed by atoms with Crippen LogP contribution in [0, 0.1) is 5.41 Å². The van der Waals surface area contributed by atoms with Crippen molar-refractivity contribution in [3.8, 4) is 0 Å². The van der Waals surface area contributed by atoms with Crippen LogP contribution in [0.5, 0.6) is 0 Å². The molecule has 1 fully saturated rings. The zero-order valence-corrected chi connectivity index (χ0v) is 12.9. The number of hydrogen-bond donors (Lipinski definition) is 0. The molecule has 0 atom stereocenters. The quantitative estimate of drug-likeness (QED) is 0.527. The zero-order chi connectivity index (χ0) is 11.2. The molecule has 0 radical (unpaired) electrons. The molecule has 0 spiro atoms. The molecule has 90 valence electrons. The molecular weight excluding hydrogens is 449 g/mol. The Hall–Kier alpha value is 1.77. The third kappa shape index (κ3) is 7.98. The molecule has 0 unspecified atom stereocenters. The van der Waals surface area contributed by atoms with E-state index in [9.17, 15) is 0 Å². The van der Waals surface area contributed by atoms with Gasteiger partial charge in [0.2, 0.25) is 0 Å². The van der Waals surface area contributed by atoms with Gasteiger partial charge in [0.05, 0.1) is 0 Å². The fourth-order valence-corrected chi connectivity index (χ4v) is 1.54. The van der Waals surface area contributed by atoms with E-state index in [0.29, 0.717) is 13.1 Å². The molecule has 2 nitrogen and oxygen atoms in total. The van der Waals surface area contributed by atoms with Gasteiger partial charge in [0.15, 0.2) is 0 Å². The predicted octanol–water partition coefficient (Wildman–Crippen LogP) is 5.41. The Bertz CT molecular complexity index is 144. The Morgan fingerprint density at radius 2 is 1.21 bits per heavy atom. The topological polar surface area (TPSA) is 47.6 Å². The molecule has 7 heteroatoms. The third-order valence-corrected chi connectivity index (χ3v) is 2.41. The van der Waals surface area contributed by atoms with Gasteiger partial charge in [-0.05, 0) is 0 Å². The van der Waals surface area contributed by atoms with E-state index in [1.807, 2.05) is 0 Å². The van der Waals surface area contributed by atoms with Crippen LogP contribution in [0.15, 0.2) is 0 Å². The van der Waals surface area contributed by atoms with Crippen molar-refractivity contribution in [2.75, 3.05) is 13.1 Å². The van der Waals surface area contributed by atoms with Crippen molar-refractivity contribution in [1.82, 2.24) is 0 Å². The zero-order valence-electron chi connectivity index (χ0n) is 7.57. The first kappa shape index (κ1) is 15.8. The van der Waals surface area contributed by atoms with Crippen LogP contribution >= 0.6 is 37.7 Å². The molecule has 0 aromatic carbocycles. The second-order valence-corrected chi connectivity index (χ2v) is 23.0. The normalized spacial score (nSPS) is 21.3. The van der Waals surface area contributed by atoms with Crippen LogP contribution in [0.4, 0.5) is 0 Å². The van der Waals surface area contributed by atoms with E-state index in [-0.39, 0.29) is 5.41 Å². The average molecular weight is 463 g/mol. The molecule has 1 saturated carbocycles. The fourth-order valence-electron chi connectivity index (χ4n) is 1.54.